The molecule has 1 aromatic carbocycles. The number of rotatable bonds is 11. The number of carbonyl (C=O) groups excluding carboxylic acids is 1. The number of carbonyl (C=O) groups is 1. The van der Waals surface area contributed by atoms with Crippen LogP contribution in [0.25, 0.3) is 0 Å². The topological polar surface area (TPSA) is 46.5 Å². The van der Waals surface area contributed by atoms with Gasteiger partial charge in [-0.05, 0) is 49.8 Å². The molecule has 2 unspecified atom stereocenters. The van der Waals surface area contributed by atoms with Crippen LogP contribution >= 0.6 is 0 Å². The van der Waals surface area contributed by atoms with Crippen molar-refractivity contribution in [2.75, 3.05) is 6.61 Å². The van der Waals surface area contributed by atoms with Crippen LogP contribution in [-0.2, 0) is 14.9 Å². The minimum atomic E-state index is -0.655. The summed E-state index contributed by atoms with van der Waals surface area (Å²) in [7, 11) is 0. The molecule has 0 fully saturated rings. The van der Waals surface area contributed by atoms with E-state index in [9.17, 15) is 9.90 Å². The molecule has 0 bridgehead atoms. The number of aryl methyl sites for hydroxylation is 1. The Labute approximate surface area is 153 Å². The lowest BCUT2D eigenvalue weighted by atomic mass is 9.77. The fourth-order valence-electron chi connectivity index (χ4n) is 3.14. The molecule has 0 aromatic heterocycles. The third kappa shape index (κ3) is 6.05. The summed E-state index contributed by atoms with van der Waals surface area (Å²) in [5.74, 6) is 0.572. The van der Waals surface area contributed by atoms with Crippen molar-refractivity contribution in [1.29, 1.82) is 0 Å². The average Bonchev–Trinajstić information content (AvgIpc) is 2.61. The third-order valence-corrected chi connectivity index (χ3v) is 5.31. The summed E-state index contributed by atoms with van der Waals surface area (Å²) in [4.78, 5) is 13.0. The van der Waals surface area contributed by atoms with Crippen molar-refractivity contribution in [3.8, 4) is 5.75 Å². The Hall–Kier alpha value is -1.51. The highest BCUT2D eigenvalue weighted by molar-refractivity contribution is 5.83. The summed E-state index contributed by atoms with van der Waals surface area (Å²) in [5, 5.41) is 9.80. The van der Waals surface area contributed by atoms with Crippen molar-refractivity contribution >= 4 is 5.97 Å². The van der Waals surface area contributed by atoms with E-state index < -0.39 is 5.41 Å². The molecule has 0 aliphatic heterocycles. The predicted molar refractivity (Wildman–Crippen MR) is 104 cm³/mol. The minimum Gasteiger partial charge on any atom is -0.508 e. The lowest BCUT2D eigenvalue weighted by Crippen LogP contribution is -2.35. The molecule has 0 heterocycles. The van der Waals surface area contributed by atoms with Crippen LogP contribution in [0.1, 0.15) is 83.8 Å². The summed E-state index contributed by atoms with van der Waals surface area (Å²) in [5.41, 5.74) is 1.07. The van der Waals surface area contributed by atoms with Gasteiger partial charge in [0.2, 0.25) is 0 Å². The number of hydrogen-bond donors (Lipinski definition) is 1. The number of esters is 1. The first-order valence-electron chi connectivity index (χ1n) is 9.86. The van der Waals surface area contributed by atoms with Crippen molar-refractivity contribution in [1.82, 2.24) is 0 Å². The van der Waals surface area contributed by atoms with Crippen LogP contribution < -0.4 is 0 Å². The minimum absolute atomic E-state index is 0.138. The van der Waals surface area contributed by atoms with Crippen molar-refractivity contribution in [2.45, 2.75) is 85.0 Å². The molecule has 0 aliphatic carbocycles. The first-order valence-corrected chi connectivity index (χ1v) is 9.86. The largest absolute Gasteiger partial charge is 0.508 e. The van der Waals surface area contributed by atoms with Gasteiger partial charge >= 0.3 is 5.97 Å². The van der Waals surface area contributed by atoms with Crippen LogP contribution in [0.4, 0.5) is 0 Å². The zero-order valence-electron chi connectivity index (χ0n) is 16.7. The van der Waals surface area contributed by atoms with Crippen molar-refractivity contribution in [3.63, 3.8) is 0 Å². The Morgan fingerprint density at radius 3 is 2.44 bits per heavy atom. The van der Waals surface area contributed by atoms with Crippen molar-refractivity contribution in [3.05, 3.63) is 29.3 Å². The first-order chi connectivity index (χ1) is 11.9. The Kier molecular flexibility index (Phi) is 9.02. The molecular weight excluding hydrogens is 312 g/mol. The molecule has 2 atom stereocenters. The number of hydrogen-bond acceptors (Lipinski definition) is 3. The lowest BCUT2D eigenvalue weighted by molar-refractivity contribution is -0.152. The van der Waals surface area contributed by atoms with Crippen LogP contribution in [0.15, 0.2) is 18.2 Å². The summed E-state index contributed by atoms with van der Waals surface area (Å²) in [6, 6.07) is 5.45. The van der Waals surface area contributed by atoms with Gasteiger partial charge in [-0.2, -0.15) is 0 Å². The molecular formula is C22H36O3. The smallest absolute Gasteiger partial charge is 0.316 e. The molecule has 0 radical (unpaired) electrons. The van der Waals surface area contributed by atoms with Crippen molar-refractivity contribution in [2.24, 2.45) is 5.92 Å². The van der Waals surface area contributed by atoms with E-state index in [1.165, 1.54) is 12.8 Å². The number of aromatic hydroxyl groups is 1. The maximum absolute atomic E-state index is 13.0. The predicted octanol–water partition coefficient (Wildman–Crippen LogP) is 5.91. The highest BCUT2D eigenvalue weighted by Gasteiger charge is 2.36. The molecule has 142 valence electrons. The molecule has 0 aliphatic rings. The van der Waals surface area contributed by atoms with Crippen LogP contribution in [-0.4, -0.2) is 17.7 Å². The van der Waals surface area contributed by atoms with Gasteiger partial charge in [-0.1, -0.05) is 65.0 Å². The summed E-state index contributed by atoms with van der Waals surface area (Å²) in [6.07, 6.45) is 7.28. The van der Waals surface area contributed by atoms with Gasteiger partial charge in [-0.25, -0.2) is 0 Å². The van der Waals surface area contributed by atoms with E-state index >= 15 is 0 Å². The third-order valence-electron chi connectivity index (χ3n) is 5.31. The Morgan fingerprint density at radius 2 is 1.88 bits per heavy atom. The lowest BCUT2D eigenvalue weighted by Gasteiger charge is -2.29. The van der Waals surface area contributed by atoms with Crippen LogP contribution in [0.5, 0.6) is 5.75 Å². The Balaban J connectivity index is 2.91. The van der Waals surface area contributed by atoms with Gasteiger partial charge in [0.25, 0.3) is 0 Å². The van der Waals surface area contributed by atoms with E-state index in [1.54, 1.807) is 6.07 Å². The van der Waals surface area contributed by atoms with E-state index in [1.807, 2.05) is 26.0 Å². The second-order valence-electron chi connectivity index (χ2n) is 7.45. The molecule has 25 heavy (non-hydrogen) atoms. The number of unbranched alkanes of at least 4 members (excludes halogenated alkanes) is 2. The quantitative estimate of drug-likeness (QED) is 0.506. The molecule has 1 rings (SSSR count). The van der Waals surface area contributed by atoms with Gasteiger partial charge in [0.05, 0.1) is 12.0 Å². The molecule has 3 nitrogen and oxygen atoms in total. The zero-order chi connectivity index (χ0) is 18.9. The molecule has 0 spiro atoms. The van der Waals surface area contributed by atoms with Gasteiger partial charge in [-0.3, -0.25) is 4.79 Å². The number of ether oxygens (including phenoxy) is 1. The highest BCUT2D eigenvalue weighted by atomic mass is 16.5. The van der Waals surface area contributed by atoms with E-state index in [2.05, 4.69) is 20.8 Å². The monoisotopic (exact) mass is 348 g/mol. The molecule has 0 saturated carbocycles. The molecule has 0 amide bonds. The average molecular weight is 349 g/mol. The molecule has 0 saturated heterocycles. The summed E-state index contributed by atoms with van der Waals surface area (Å²) >= 11 is 0. The van der Waals surface area contributed by atoms with Crippen LogP contribution in [0.2, 0.25) is 0 Å². The second-order valence-corrected chi connectivity index (χ2v) is 7.45. The molecule has 1 N–H and O–H groups in total. The van der Waals surface area contributed by atoms with Crippen LogP contribution in [0, 0.1) is 12.8 Å². The second kappa shape index (κ2) is 10.5. The molecule has 3 heteroatoms. The highest BCUT2D eigenvalue weighted by Crippen LogP contribution is 2.34. The summed E-state index contributed by atoms with van der Waals surface area (Å²) in [6.45, 7) is 10.8. The molecule has 1 aromatic rings. The number of benzene rings is 1. The number of phenolic OH excluding ortho intramolecular Hbond substituents is 1. The fourth-order valence-corrected chi connectivity index (χ4v) is 3.14. The van der Waals surface area contributed by atoms with E-state index in [0.717, 1.165) is 43.2 Å². The zero-order valence-corrected chi connectivity index (χ0v) is 16.7. The standard InChI is InChI=1S/C22H36O3/c1-6-9-11-18(8-3)16-25-21(24)22(5,14-10-7-2)19-12-13-20(23)17(4)15-19/h12-13,15,18,23H,6-11,14,16H2,1-5H3. The van der Waals surface area contributed by atoms with Crippen molar-refractivity contribution < 1.29 is 14.6 Å². The Bertz CT molecular complexity index is 538. The van der Waals surface area contributed by atoms with Gasteiger partial charge in [0, 0.05) is 0 Å². The maximum atomic E-state index is 13.0. The normalized spacial score (nSPS) is 14.8. The maximum Gasteiger partial charge on any atom is 0.316 e. The Morgan fingerprint density at radius 1 is 1.20 bits per heavy atom. The number of phenols is 1. The fraction of sp³-hybridized carbons (Fsp3) is 0.682. The van der Waals surface area contributed by atoms with Gasteiger partial charge in [0.15, 0.2) is 0 Å². The van der Waals surface area contributed by atoms with E-state index in [-0.39, 0.29) is 11.7 Å². The SMILES string of the molecule is CCCCC(CC)COC(=O)C(C)(CCCC)c1ccc(O)c(C)c1. The summed E-state index contributed by atoms with van der Waals surface area (Å²) < 4.78 is 5.78. The van der Waals surface area contributed by atoms with Gasteiger partial charge in [-0.15, -0.1) is 0 Å². The van der Waals surface area contributed by atoms with Gasteiger partial charge < -0.3 is 9.84 Å². The van der Waals surface area contributed by atoms with Crippen LogP contribution in [0.3, 0.4) is 0 Å². The van der Waals surface area contributed by atoms with Gasteiger partial charge in [0.1, 0.15) is 5.75 Å². The van der Waals surface area contributed by atoms with E-state index in [0.29, 0.717) is 12.5 Å². The van der Waals surface area contributed by atoms with E-state index in [4.69, 9.17) is 4.74 Å². The first kappa shape index (κ1) is 21.5.